The van der Waals surface area contributed by atoms with Crippen molar-refractivity contribution in [2.45, 2.75) is 97.5 Å². The highest BCUT2D eigenvalue weighted by atomic mass is 32.1. The molecule has 6 unspecified atom stereocenters. The molecule has 4 heterocycles. The van der Waals surface area contributed by atoms with Gasteiger partial charge in [-0.3, -0.25) is 0 Å². The van der Waals surface area contributed by atoms with Gasteiger partial charge in [-0.05, 0) is 49.8 Å². The molecular weight excluding hydrogens is 364 g/mol. The van der Waals surface area contributed by atoms with E-state index in [0.717, 1.165) is 4.64 Å². The average molecular weight is 400 g/mol. The lowest BCUT2D eigenvalue weighted by Crippen LogP contribution is -2.61. The molecule has 0 N–H and O–H groups in total. The van der Waals surface area contributed by atoms with Crippen molar-refractivity contribution < 1.29 is 0 Å². The lowest BCUT2D eigenvalue weighted by atomic mass is 9.78. The van der Waals surface area contributed by atoms with E-state index in [9.17, 15) is 0 Å². The fourth-order valence-corrected chi connectivity index (χ4v) is 43.7. The van der Waals surface area contributed by atoms with E-state index in [2.05, 4.69) is 83.1 Å². The first kappa shape index (κ1) is 18.8. The molecule has 4 aliphatic heterocycles. The molecule has 0 saturated carbocycles. The van der Waals surface area contributed by atoms with E-state index in [4.69, 9.17) is 0 Å². The number of hydrogen-bond donors (Lipinski definition) is 0. The monoisotopic (exact) mass is 400 g/mol. The third-order valence-electron chi connectivity index (χ3n) is 6.73. The van der Waals surface area contributed by atoms with E-state index < -0.39 is 0 Å². The summed E-state index contributed by atoms with van der Waals surface area (Å²) in [6, 6.07) is 0. The van der Waals surface area contributed by atoms with Crippen molar-refractivity contribution in [2.75, 3.05) is 0 Å². The summed E-state index contributed by atoms with van der Waals surface area (Å²) in [7, 11) is 2.43. The molecule has 6 atom stereocenters. The van der Waals surface area contributed by atoms with Crippen LogP contribution in [0.1, 0.15) is 83.1 Å². The summed E-state index contributed by atoms with van der Waals surface area (Å²) in [5, 5.41) is 1.99. The minimum absolute atomic E-state index is 0.0572. The number of rotatable bonds is 0. The fraction of sp³-hybridized carbons (Fsp3) is 0.950. The van der Waals surface area contributed by atoms with E-state index in [0.29, 0.717) is 39.1 Å². The van der Waals surface area contributed by atoms with Gasteiger partial charge in [0.15, 0.2) is 0 Å². The fourth-order valence-electron chi connectivity index (χ4n) is 6.11. The first-order chi connectivity index (χ1) is 10.4. The van der Waals surface area contributed by atoms with Crippen LogP contribution in [0.25, 0.3) is 0 Å². The Morgan fingerprint density at radius 2 is 1.17 bits per heavy atom. The second-order valence-corrected chi connectivity index (χ2v) is 24.6. The van der Waals surface area contributed by atoms with Gasteiger partial charge in [0.2, 0.25) is 0 Å². The molecule has 4 rings (SSSR count). The van der Waals surface area contributed by atoms with E-state index in [1.165, 1.54) is 0 Å². The summed E-state index contributed by atoms with van der Waals surface area (Å²) in [4.78, 5) is 1.33. The lowest BCUT2D eigenvalue weighted by Gasteiger charge is -2.70. The Hall–Kier alpha value is 1.46. The van der Waals surface area contributed by atoms with Gasteiger partial charge in [-0.15, -0.1) is 0 Å². The topological polar surface area (TPSA) is 0 Å². The van der Waals surface area contributed by atoms with Gasteiger partial charge < -0.3 is 0 Å². The molecule has 3 fully saturated rings. The third kappa shape index (κ3) is 1.45. The van der Waals surface area contributed by atoms with Gasteiger partial charge in [-0.25, -0.2) is 0 Å². The zero-order chi connectivity index (χ0) is 18.5. The molecule has 0 aromatic heterocycles. The molecule has 0 aliphatic carbocycles. The normalized spacial score (nSPS) is 49.8. The summed E-state index contributed by atoms with van der Waals surface area (Å²) in [6.45, 7) is 30.9. The van der Waals surface area contributed by atoms with Gasteiger partial charge >= 0.3 is 0 Å². The van der Waals surface area contributed by atoms with E-state index in [-0.39, 0.29) is 15.5 Å². The van der Waals surface area contributed by atoms with Crippen molar-refractivity contribution in [3.63, 3.8) is 0 Å². The molecule has 3 saturated heterocycles. The van der Waals surface area contributed by atoms with Crippen molar-refractivity contribution in [2.24, 2.45) is 21.7 Å². The van der Waals surface area contributed by atoms with Crippen LogP contribution in [0, 0.1) is 21.7 Å². The Balaban J connectivity index is 2.02. The maximum atomic E-state index is 2.60. The predicted molar refractivity (Wildman–Crippen MR) is 119 cm³/mol. The second kappa shape index (κ2) is 4.22. The number of fused-ring (bicyclic) bond motifs is 3. The summed E-state index contributed by atoms with van der Waals surface area (Å²) >= 11 is 0. The molecule has 0 nitrogen and oxygen atoms in total. The molecular formula is C20H36P4. The Morgan fingerprint density at radius 1 is 0.667 bits per heavy atom. The van der Waals surface area contributed by atoms with Crippen LogP contribution in [0.2, 0.25) is 0 Å². The molecule has 0 bridgehead atoms. The highest BCUT2D eigenvalue weighted by molar-refractivity contribution is 8.66. The van der Waals surface area contributed by atoms with Crippen molar-refractivity contribution in [1.29, 1.82) is 0 Å². The quantitative estimate of drug-likeness (QED) is 0.357. The van der Waals surface area contributed by atoms with Crippen molar-refractivity contribution in [3.8, 4) is 0 Å². The third-order valence-corrected chi connectivity index (χ3v) is 32.2. The van der Waals surface area contributed by atoms with Crippen molar-refractivity contribution in [3.05, 3.63) is 0 Å². The van der Waals surface area contributed by atoms with Crippen LogP contribution in [0.5, 0.6) is 0 Å². The van der Waals surface area contributed by atoms with Gasteiger partial charge in [0.05, 0.1) is 9.54 Å². The van der Waals surface area contributed by atoms with Crippen LogP contribution in [-0.4, -0.2) is 19.5 Å². The van der Waals surface area contributed by atoms with Gasteiger partial charge in [-0.2, -0.15) is 0 Å². The van der Waals surface area contributed by atoms with E-state index >= 15 is 0 Å². The lowest BCUT2D eigenvalue weighted by molar-refractivity contribution is 0.241. The van der Waals surface area contributed by atoms with Crippen molar-refractivity contribution >= 4 is 36.4 Å². The summed E-state index contributed by atoms with van der Waals surface area (Å²) in [5.74, 6) is 0. The Morgan fingerprint density at radius 3 is 1.46 bits per heavy atom. The minimum atomic E-state index is 0.0572. The SMILES string of the molecule is CC(C)(C)C1=PC2(C(C)(C)C)P3P4C3(C(C)(C)C)P1C42C(C)(C)C. The van der Waals surface area contributed by atoms with Crippen LogP contribution in [0.15, 0.2) is 0 Å². The van der Waals surface area contributed by atoms with Crippen molar-refractivity contribution in [1.82, 2.24) is 0 Å². The Bertz CT molecular complexity index is 666. The van der Waals surface area contributed by atoms with E-state index in [1.54, 1.807) is 8.20 Å². The maximum Gasteiger partial charge on any atom is 0.0570 e. The summed E-state index contributed by atoms with van der Waals surface area (Å²) < 4.78 is 0.793. The first-order valence-corrected chi connectivity index (χ1v) is 15.1. The molecule has 0 aromatic carbocycles. The van der Waals surface area contributed by atoms with Gasteiger partial charge in [0, 0.05) is 4.90 Å². The van der Waals surface area contributed by atoms with Crippen LogP contribution < -0.4 is 0 Å². The van der Waals surface area contributed by atoms with Gasteiger partial charge in [0.1, 0.15) is 0 Å². The van der Waals surface area contributed by atoms with Crippen LogP contribution in [-0.2, 0) is 0 Å². The average Bonchev–Trinajstić information content (AvgIpc) is 2.64. The summed E-state index contributed by atoms with van der Waals surface area (Å²) in [6.07, 6.45) is 0. The largest absolute Gasteiger partial charge is 0.0859 e. The number of hydrogen-bond acceptors (Lipinski definition) is 0. The first-order valence-electron chi connectivity index (χ1n) is 9.46. The summed E-state index contributed by atoms with van der Waals surface area (Å²) in [5.41, 5.74) is 1.83. The Kier molecular flexibility index (Phi) is 3.31. The molecule has 24 heavy (non-hydrogen) atoms. The standard InChI is InChI=1S/C20H36P4/c1-14(2,3)13-21-18(15(4,5)6)19(16(7,8)9)22(13)20(17(10,11)12)23(18)24(19)20/h1-12H3. The minimum Gasteiger partial charge on any atom is -0.0859 e. The molecule has 0 amide bonds. The molecule has 0 spiro atoms. The predicted octanol–water partition coefficient (Wildman–Crippen LogP) is 8.71. The molecule has 4 aliphatic rings. The smallest absolute Gasteiger partial charge is 0.0570 e. The zero-order valence-electron chi connectivity index (χ0n) is 17.8. The molecule has 136 valence electrons. The molecule has 4 heteroatoms. The highest BCUT2D eigenvalue weighted by Crippen LogP contribution is 3.42. The zero-order valence-corrected chi connectivity index (χ0v) is 21.4. The van der Waals surface area contributed by atoms with E-state index in [1.807, 2.05) is 5.03 Å². The van der Waals surface area contributed by atoms with Gasteiger partial charge in [-0.1, -0.05) is 91.3 Å². The Labute approximate surface area is 155 Å². The second-order valence-electron chi connectivity index (χ2n) is 12.4. The van der Waals surface area contributed by atoms with Crippen LogP contribution in [0.3, 0.4) is 0 Å². The van der Waals surface area contributed by atoms with Gasteiger partial charge in [0.25, 0.3) is 0 Å². The highest BCUT2D eigenvalue weighted by Gasteiger charge is 3.10. The maximum absolute atomic E-state index is 2.60. The van der Waals surface area contributed by atoms with Crippen LogP contribution in [0.4, 0.5) is 0 Å². The van der Waals surface area contributed by atoms with Crippen LogP contribution >= 0.6 is 31.3 Å². The molecule has 0 aromatic rings. The molecule has 0 radical (unpaired) electrons.